The number of carbonyl (C=O) groups is 1. The molecule has 2 heterocycles. The summed E-state index contributed by atoms with van der Waals surface area (Å²) in [7, 11) is 0.937. The van der Waals surface area contributed by atoms with E-state index in [4.69, 9.17) is 4.74 Å². The van der Waals surface area contributed by atoms with Crippen LogP contribution in [-0.2, 0) is 18.0 Å². The van der Waals surface area contributed by atoms with Crippen LogP contribution in [0.15, 0.2) is 33.9 Å². The molecule has 0 spiro atoms. The van der Waals surface area contributed by atoms with E-state index in [-0.39, 0.29) is 11.6 Å². The van der Waals surface area contributed by atoms with E-state index in [0.717, 1.165) is 7.05 Å². The normalized spacial score (nSPS) is 16.9. The lowest BCUT2D eigenvalue weighted by molar-refractivity contribution is -0.144. The summed E-state index contributed by atoms with van der Waals surface area (Å²) in [5.74, 6) is 0.0827. The van der Waals surface area contributed by atoms with Gasteiger partial charge in [-0.05, 0) is 32.0 Å². The Morgan fingerprint density at radius 2 is 1.81 bits per heavy atom. The molecule has 27 heavy (non-hydrogen) atoms. The first kappa shape index (κ1) is 18.7. The van der Waals surface area contributed by atoms with Crippen molar-refractivity contribution in [2.75, 3.05) is 11.4 Å². The largest absolute Gasteiger partial charge is 0.479 e. The second-order valence-electron chi connectivity index (χ2n) is 6.04. The molecule has 0 N–H and O–H groups in total. The van der Waals surface area contributed by atoms with Crippen molar-refractivity contribution in [3.63, 3.8) is 0 Å². The number of amides is 1. The average Bonchev–Trinajstić information content (AvgIpc) is 2.58. The Hall–Kier alpha value is -3.04. The Labute approximate surface area is 151 Å². The van der Waals surface area contributed by atoms with Crippen LogP contribution in [0, 0.1) is 0 Å². The fourth-order valence-corrected chi connectivity index (χ4v) is 3.00. The zero-order chi connectivity index (χ0) is 20.1. The number of rotatable bonds is 2. The molecule has 2 aromatic rings. The van der Waals surface area contributed by atoms with Crippen LogP contribution in [0.3, 0.4) is 0 Å². The molecule has 3 rings (SSSR count). The Morgan fingerprint density at radius 1 is 1.15 bits per heavy atom. The third-order valence-corrected chi connectivity index (χ3v) is 4.34. The van der Waals surface area contributed by atoms with Crippen LogP contribution >= 0.6 is 0 Å². The zero-order valence-corrected chi connectivity index (χ0v) is 14.7. The van der Waals surface area contributed by atoms with Gasteiger partial charge in [0, 0.05) is 19.7 Å². The molecule has 1 aromatic carbocycles. The van der Waals surface area contributed by atoms with E-state index < -0.39 is 29.2 Å². The van der Waals surface area contributed by atoms with Crippen molar-refractivity contribution in [2.45, 2.75) is 26.1 Å². The molecule has 10 heteroatoms. The molecule has 1 aliphatic rings. The van der Waals surface area contributed by atoms with Gasteiger partial charge in [0.05, 0.1) is 11.4 Å². The molecule has 7 nitrogen and oxygen atoms in total. The van der Waals surface area contributed by atoms with E-state index >= 15 is 0 Å². The summed E-state index contributed by atoms with van der Waals surface area (Å²) in [6, 6.07) is 4.59. The van der Waals surface area contributed by atoms with Crippen LogP contribution in [-0.4, -0.2) is 27.7 Å². The summed E-state index contributed by atoms with van der Waals surface area (Å²) in [4.78, 5) is 38.3. The van der Waals surface area contributed by atoms with Crippen molar-refractivity contribution >= 4 is 11.6 Å². The number of halogens is 3. The van der Waals surface area contributed by atoms with Crippen molar-refractivity contribution in [1.82, 2.24) is 9.13 Å². The molecule has 1 aromatic heterocycles. The number of alkyl halides is 3. The average molecular weight is 383 g/mol. The van der Waals surface area contributed by atoms with Gasteiger partial charge in [0.2, 0.25) is 0 Å². The lowest BCUT2D eigenvalue weighted by Crippen LogP contribution is -2.44. The van der Waals surface area contributed by atoms with Gasteiger partial charge in [-0.1, -0.05) is 0 Å². The Bertz CT molecular complexity index is 1040. The molecule has 0 saturated carbocycles. The highest BCUT2D eigenvalue weighted by atomic mass is 19.4. The molecule has 0 radical (unpaired) electrons. The van der Waals surface area contributed by atoms with Gasteiger partial charge >= 0.3 is 11.9 Å². The highest BCUT2D eigenvalue weighted by molar-refractivity contribution is 6.00. The van der Waals surface area contributed by atoms with E-state index in [1.165, 1.54) is 23.1 Å². The minimum absolute atomic E-state index is 0.0393. The van der Waals surface area contributed by atoms with Crippen molar-refractivity contribution in [3.8, 4) is 11.4 Å². The van der Waals surface area contributed by atoms with Gasteiger partial charge in [-0.15, -0.1) is 0 Å². The number of carbonyl (C=O) groups excluding carboxylic acids is 1. The van der Waals surface area contributed by atoms with Crippen LogP contribution in [0.5, 0.6) is 5.75 Å². The maximum atomic E-state index is 13.0. The third-order valence-electron chi connectivity index (χ3n) is 4.34. The van der Waals surface area contributed by atoms with E-state index in [9.17, 15) is 27.6 Å². The summed E-state index contributed by atoms with van der Waals surface area (Å²) >= 11 is 0. The molecule has 1 amide bonds. The number of anilines is 1. The van der Waals surface area contributed by atoms with Crippen molar-refractivity contribution in [3.05, 3.63) is 50.8 Å². The van der Waals surface area contributed by atoms with E-state index in [0.29, 0.717) is 33.2 Å². The van der Waals surface area contributed by atoms with Crippen LogP contribution < -0.4 is 20.9 Å². The minimum atomic E-state index is -4.84. The first-order chi connectivity index (χ1) is 12.6. The summed E-state index contributed by atoms with van der Waals surface area (Å²) in [6.07, 6.45) is -5.53. The molecular weight excluding hydrogens is 367 g/mol. The second kappa shape index (κ2) is 6.29. The van der Waals surface area contributed by atoms with Crippen LogP contribution in [0.2, 0.25) is 0 Å². The lowest BCUT2D eigenvalue weighted by atomic mass is 10.1. The van der Waals surface area contributed by atoms with Crippen molar-refractivity contribution in [2.24, 2.45) is 7.05 Å². The molecule has 0 saturated heterocycles. The molecule has 1 atom stereocenters. The number of aromatic nitrogens is 2. The number of fused-ring (bicyclic) bond motifs is 1. The lowest BCUT2D eigenvalue weighted by Gasteiger charge is -2.32. The molecule has 144 valence electrons. The first-order valence-electron chi connectivity index (χ1n) is 8.09. The molecular formula is C17H16F3N3O4. The van der Waals surface area contributed by atoms with Gasteiger partial charge in [-0.25, -0.2) is 9.36 Å². The SMILES string of the molecule is CCN1C(=O)C(C)Oc2ccc(-n3c(=O)cc(C(F)(F)F)n(C)c3=O)cc21. The fraction of sp³-hybridized carbons (Fsp3) is 0.353. The third kappa shape index (κ3) is 3.00. The molecule has 0 fully saturated rings. The van der Waals surface area contributed by atoms with E-state index in [2.05, 4.69) is 0 Å². The predicted octanol–water partition coefficient (Wildman–Crippen LogP) is 1.69. The maximum Gasteiger partial charge on any atom is 0.431 e. The maximum absolute atomic E-state index is 13.0. The molecule has 0 aliphatic carbocycles. The van der Waals surface area contributed by atoms with Gasteiger partial charge in [0.25, 0.3) is 11.5 Å². The Balaban J connectivity index is 2.22. The number of benzene rings is 1. The Kier molecular flexibility index (Phi) is 4.37. The summed E-state index contributed by atoms with van der Waals surface area (Å²) in [5.41, 5.74) is -3.22. The number of likely N-dealkylation sites (N-methyl/N-ethyl adjacent to an activating group) is 1. The van der Waals surface area contributed by atoms with E-state index in [1.54, 1.807) is 13.8 Å². The van der Waals surface area contributed by atoms with Gasteiger partial charge in [-0.2, -0.15) is 13.2 Å². The monoisotopic (exact) mass is 383 g/mol. The Morgan fingerprint density at radius 3 is 2.41 bits per heavy atom. The quantitative estimate of drug-likeness (QED) is 0.791. The summed E-state index contributed by atoms with van der Waals surface area (Å²) < 4.78 is 45.4. The molecule has 1 unspecified atom stereocenters. The fourth-order valence-electron chi connectivity index (χ4n) is 3.00. The van der Waals surface area contributed by atoms with Gasteiger partial charge in [0.1, 0.15) is 11.4 Å². The zero-order valence-electron chi connectivity index (χ0n) is 14.7. The highest BCUT2D eigenvalue weighted by Gasteiger charge is 2.35. The van der Waals surface area contributed by atoms with Gasteiger partial charge < -0.3 is 9.64 Å². The smallest absolute Gasteiger partial charge is 0.431 e. The predicted molar refractivity (Wildman–Crippen MR) is 90.4 cm³/mol. The number of hydrogen-bond acceptors (Lipinski definition) is 4. The topological polar surface area (TPSA) is 73.5 Å². The van der Waals surface area contributed by atoms with Crippen molar-refractivity contribution < 1.29 is 22.7 Å². The van der Waals surface area contributed by atoms with Crippen LogP contribution in [0.1, 0.15) is 19.5 Å². The number of ether oxygens (including phenoxy) is 1. The number of hydrogen-bond donors (Lipinski definition) is 0. The summed E-state index contributed by atoms with van der Waals surface area (Å²) in [6.45, 7) is 3.66. The van der Waals surface area contributed by atoms with Crippen LogP contribution in [0.25, 0.3) is 5.69 Å². The number of nitrogens with zero attached hydrogens (tertiary/aromatic N) is 3. The molecule has 0 bridgehead atoms. The molecule has 1 aliphatic heterocycles. The summed E-state index contributed by atoms with van der Waals surface area (Å²) in [5, 5.41) is 0. The van der Waals surface area contributed by atoms with Crippen molar-refractivity contribution in [1.29, 1.82) is 0 Å². The van der Waals surface area contributed by atoms with Gasteiger partial charge in [-0.3, -0.25) is 14.2 Å². The van der Waals surface area contributed by atoms with Gasteiger partial charge in [0.15, 0.2) is 6.10 Å². The first-order valence-corrected chi connectivity index (χ1v) is 8.09. The minimum Gasteiger partial charge on any atom is -0.479 e. The highest BCUT2D eigenvalue weighted by Crippen LogP contribution is 2.35. The van der Waals surface area contributed by atoms with E-state index in [1.807, 2.05) is 0 Å². The second-order valence-corrected chi connectivity index (χ2v) is 6.04. The van der Waals surface area contributed by atoms with Crippen LogP contribution in [0.4, 0.5) is 18.9 Å². The standard InChI is InChI=1S/C17H16F3N3O4/c1-4-22-11-7-10(5-6-12(11)27-9(2)15(22)25)23-14(24)8-13(17(18,19)20)21(3)16(23)26/h5-9H,4H2,1-3H3.